The van der Waals surface area contributed by atoms with Crippen molar-refractivity contribution in [3.8, 4) is 11.5 Å². The van der Waals surface area contributed by atoms with Crippen LogP contribution < -0.4 is 25.0 Å². The van der Waals surface area contributed by atoms with E-state index >= 15 is 0 Å². The van der Waals surface area contributed by atoms with Gasteiger partial charge in [0, 0.05) is 11.8 Å². The Morgan fingerprint density at radius 3 is 2.36 bits per heavy atom. The standard InChI is InChI=1S/C29H29N3O6S/c1-19-8-10-20(11-9-19)27(29(35)30-17-22-6-4-14-38-22)32(21-12-13-23(36-2)24(16-21)37-3)26(33)18-31-28(34)25-7-5-15-39-25/h4-16,27H,17-18H2,1-3H3,(H,30,35)(H,31,34)/t27-/m1/s1. The highest BCUT2D eigenvalue weighted by atomic mass is 32.1. The van der Waals surface area contributed by atoms with E-state index < -0.39 is 17.9 Å². The average molecular weight is 548 g/mol. The number of nitrogens with zero attached hydrogens (tertiary/aromatic N) is 1. The predicted octanol–water partition coefficient (Wildman–Crippen LogP) is 4.49. The first-order chi connectivity index (χ1) is 18.9. The Morgan fingerprint density at radius 1 is 0.949 bits per heavy atom. The molecular weight excluding hydrogens is 518 g/mol. The number of methoxy groups -OCH3 is 2. The zero-order valence-electron chi connectivity index (χ0n) is 21.8. The highest BCUT2D eigenvalue weighted by Crippen LogP contribution is 2.35. The van der Waals surface area contributed by atoms with Crippen LogP contribution in [0.25, 0.3) is 0 Å². The lowest BCUT2D eigenvalue weighted by Crippen LogP contribution is -2.47. The second-order valence-corrected chi connectivity index (χ2v) is 9.52. The van der Waals surface area contributed by atoms with Crippen LogP contribution in [0.5, 0.6) is 11.5 Å². The number of carbonyl (C=O) groups is 3. The molecule has 2 heterocycles. The van der Waals surface area contributed by atoms with Gasteiger partial charge in [-0.2, -0.15) is 0 Å². The molecule has 0 bridgehead atoms. The minimum atomic E-state index is -1.06. The Labute approximate surface area is 230 Å². The third-order valence-electron chi connectivity index (χ3n) is 5.98. The number of furan rings is 1. The van der Waals surface area contributed by atoms with Crippen LogP contribution in [0.1, 0.15) is 32.6 Å². The Bertz CT molecular complexity index is 1400. The van der Waals surface area contributed by atoms with Crippen molar-refractivity contribution >= 4 is 34.7 Å². The number of carbonyl (C=O) groups excluding carboxylic acids is 3. The number of aryl methyl sites for hydroxylation is 1. The summed E-state index contributed by atoms with van der Waals surface area (Å²) >= 11 is 1.27. The van der Waals surface area contributed by atoms with E-state index in [0.29, 0.717) is 33.4 Å². The summed E-state index contributed by atoms with van der Waals surface area (Å²) in [5, 5.41) is 7.33. The monoisotopic (exact) mass is 547 g/mol. The molecule has 0 aliphatic heterocycles. The summed E-state index contributed by atoms with van der Waals surface area (Å²) in [5.74, 6) is 0.120. The first-order valence-corrected chi connectivity index (χ1v) is 13.0. The molecule has 2 aromatic heterocycles. The summed E-state index contributed by atoms with van der Waals surface area (Å²) in [7, 11) is 3.00. The molecule has 4 rings (SSSR count). The van der Waals surface area contributed by atoms with Crippen molar-refractivity contribution in [3.63, 3.8) is 0 Å². The summed E-state index contributed by atoms with van der Waals surface area (Å²) in [6, 6.07) is 18.1. The Hall–Kier alpha value is -4.57. The number of anilines is 1. The maximum absolute atomic E-state index is 13.8. The van der Waals surface area contributed by atoms with E-state index in [0.717, 1.165) is 5.56 Å². The fourth-order valence-electron chi connectivity index (χ4n) is 4.00. The summed E-state index contributed by atoms with van der Waals surface area (Å²) < 4.78 is 16.2. The summed E-state index contributed by atoms with van der Waals surface area (Å²) in [6.07, 6.45) is 1.52. The number of rotatable bonds is 11. The second kappa shape index (κ2) is 12.8. The third-order valence-corrected chi connectivity index (χ3v) is 6.84. The van der Waals surface area contributed by atoms with Gasteiger partial charge < -0.3 is 24.5 Å². The van der Waals surface area contributed by atoms with Gasteiger partial charge in [0.05, 0.1) is 38.4 Å². The molecule has 0 aliphatic rings. The van der Waals surface area contributed by atoms with Crippen LogP contribution in [0.3, 0.4) is 0 Å². The highest BCUT2D eigenvalue weighted by molar-refractivity contribution is 7.12. The van der Waals surface area contributed by atoms with Crippen LogP contribution in [0.15, 0.2) is 82.8 Å². The smallest absolute Gasteiger partial charge is 0.261 e. The van der Waals surface area contributed by atoms with Crippen molar-refractivity contribution in [2.24, 2.45) is 0 Å². The number of amides is 3. The summed E-state index contributed by atoms with van der Waals surface area (Å²) in [4.78, 5) is 42.0. The number of hydrogen-bond acceptors (Lipinski definition) is 7. The fraction of sp³-hybridized carbons (Fsp3) is 0.207. The number of hydrogen-bond donors (Lipinski definition) is 2. The summed E-state index contributed by atoms with van der Waals surface area (Å²) in [6.45, 7) is 1.74. The van der Waals surface area contributed by atoms with Gasteiger partial charge in [-0.15, -0.1) is 11.3 Å². The van der Waals surface area contributed by atoms with Crippen LogP contribution in [0, 0.1) is 6.92 Å². The molecule has 9 nitrogen and oxygen atoms in total. The Kier molecular flexibility index (Phi) is 9.01. The van der Waals surface area contributed by atoms with Crippen molar-refractivity contribution in [2.45, 2.75) is 19.5 Å². The number of benzene rings is 2. The second-order valence-electron chi connectivity index (χ2n) is 8.57. The molecule has 0 saturated carbocycles. The molecule has 1 atom stereocenters. The van der Waals surface area contributed by atoms with Gasteiger partial charge >= 0.3 is 0 Å². The maximum atomic E-state index is 13.8. The van der Waals surface area contributed by atoms with Gasteiger partial charge in [0.25, 0.3) is 5.91 Å². The van der Waals surface area contributed by atoms with Crippen molar-refractivity contribution in [3.05, 3.63) is 100 Å². The molecular formula is C29H29N3O6S. The zero-order chi connectivity index (χ0) is 27.8. The van der Waals surface area contributed by atoms with Crippen LogP contribution in [0.4, 0.5) is 5.69 Å². The van der Waals surface area contributed by atoms with Gasteiger partial charge in [-0.25, -0.2) is 0 Å². The lowest BCUT2D eigenvalue weighted by molar-refractivity contribution is -0.126. The fourth-order valence-corrected chi connectivity index (χ4v) is 4.64. The van der Waals surface area contributed by atoms with Crippen LogP contribution in [0.2, 0.25) is 0 Å². The highest BCUT2D eigenvalue weighted by Gasteiger charge is 2.33. The largest absolute Gasteiger partial charge is 0.493 e. The quantitative estimate of drug-likeness (QED) is 0.286. The van der Waals surface area contributed by atoms with Crippen molar-refractivity contribution in [1.29, 1.82) is 0 Å². The summed E-state index contributed by atoms with van der Waals surface area (Å²) in [5.41, 5.74) is 1.98. The minimum Gasteiger partial charge on any atom is -0.493 e. The van der Waals surface area contributed by atoms with E-state index in [1.54, 1.807) is 60.0 Å². The van der Waals surface area contributed by atoms with Gasteiger partial charge in [0.15, 0.2) is 11.5 Å². The van der Waals surface area contributed by atoms with Gasteiger partial charge in [-0.3, -0.25) is 19.3 Å². The molecule has 2 N–H and O–H groups in total. The predicted molar refractivity (Wildman–Crippen MR) is 148 cm³/mol. The van der Waals surface area contributed by atoms with E-state index in [-0.39, 0.29) is 19.0 Å². The molecule has 2 aromatic carbocycles. The zero-order valence-corrected chi connectivity index (χ0v) is 22.6. The lowest BCUT2D eigenvalue weighted by Gasteiger charge is -2.32. The van der Waals surface area contributed by atoms with Crippen molar-refractivity contribution in [1.82, 2.24) is 10.6 Å². The first kappa shape index (κ1) is 27.5. The van der Waals surface area contributed by atoms with E-state index in [4.69, 9.17) is 13.9 Å². The molecule has 202 valence electrons. The maximum Gasteiger partial charge on any atom is 0.261 e. The topological polar surface area (TPSA) is 110 Å². The van der Waals surface area contributed by atoms with Gasteiger partial charge in [-0.05, 0) is 48.2 Å². The van der Waals surface area contributed by atoms with E-state index in [2.05, 4.69) is 10.6 Å². The molecule has 0 fully saturated rings. The molecule has 0 unspecified atom stereocenters. The third kappa shape index (κ3) is 6.66. The number of ether oxygens (including phenoxy) is 2. The molecule has 0 spiro atoms. The molecule has 0 aliphatic carbocycles. The first-order valence-electron chi connectivity index (χ1n) is 12.1. The van der Waals surface area contributed by atoms with E-state index in [1.807, 2.05) is 19.1 Å². The van der Waals surface area contributed by atoms with Crippen LogP contribution in [-0.4, -0.2) is 38.5 Å². The molecule has 10 heteroatoms. The van der Waals surface area contributed by atoms with Crippen molar-refractivity contribution < 1.29 is 28.3 Å². The SMILES string of the molecule is COc1ccc(N(C(=O)CNC(=O)c2cccs2)[C@@H](C(=O)NCc2ccco2)c2ccc(C)cc2)cc1OC. The number of thiophene rings is 1. The molecule has 39 heavy (non-hydrogen) atoms. The lowest BCUT2D eigenvalue weighted by atomic mass is 10.0. The van der Waals surface area contributed by atoms with Crippen LogP contribution in [-0.2, 0) is 16.1 Å². The van der Waals surface area contributed by atoms with Gasteiger partial charge in [0.1, 0.15) is 11.8 Å². The molecule has 0 radical (unpaired) electrons. The van der Waals surface area contributed by atoms with Gasteiger partial charge in [-0.1, -0.05) is 35.9 Å². The Morgan fingerprint density at radius 2 is 1.72 bits per heavy atom. The molecule has 4 aromatic rings. The minimum absolute atomic E-state index is 0.136. The normalized spacial score (nSPS) is 11.4. The molecule has 0 saturated heterocycles. The van der Waals surface area contributed by atoms with Gasteiger partial charge in [0.2, 0.25) is 11.8 Å². The van der Waals surface area contributed by atoms with E-state index in [9.17, 15) is 14.4 Å². The van der Waals surface area contributed by atoms with E-state index in [1.165, 1.54) is 36.7 Å². The van der Waals surface area contributed by atoms with Crippen LogP contribution >= 0.6 is 11.3 Å². The number of nitrogens with one attached hydrogen (secondary N) is 2. The average Bonchev–Trinajstić information content (AvgIpc) is 3.68. The Balaban J connectivity index is 1.73. The van der Waals surface area contributed by atoms with Crippen molar-refractivity contribution in [2.75, 3.05) is 25.7 Å². The molecule has 3 amide bonds.